The Hall–Kier alpha value is -2.65. The fraction of sp³-hybridized carbons (Fsp3) is 0.440. The first kappa shape index (κ1) is 28.6. The van der Waals surface area contributed by atoms with Crippen LogP contribution in [0, 0.1) is 5.82 Å². The Morgan fingerprint density at radius 2 is 1.74 bits per heavy atom. The van der Waals surface area contributed by atoms with Crippen LogP contribution >= 0.6 is 11.6 Å². The standard InChI is InChI=1S/C25H33ClFN3O4S/c1-6-22(24(32)28-25(2,3)4)29(15-14-18-10-8-7-9-11-18)23(31)17-30(35(5,33)34)19-12-13-21(27)20(26)16-19/h7-13,16,22H,6,14-15,17H2,1-5H3,(H,28,32)/t22-/m0/s1. The highest BCUT2D eigenvalue weighted by Crippen LogP contribution is 2.25. The summed E-state index contributed by atoms with van der Waals surface area (Å²) < 4.78 is 39.7. The van der Waals surface area contributed by atoms with Gasteiger partial charge in [0, 0.05) is 12.1 Å². The Balaban J connectivity index is 2.40. The summed E-state index contributed by atoms with van der Waals surface area (Å²) >= 11 is 5.86. The van der Waals surface area contributed by atoms with Crippen molar-refractivity contribution in [2.24, 2.45) is 0 Å². The van der Waals surface area contributed by atoms with E-state index >= 15 is 0 Å². The number of halogens is 2. The normalized spacial score (nSPS) is 12.7. The number of nitrogens with one attached hydrogen (secondary N) is 1. The van der Waals surface area contributed by atoms with E-state index in [2.05, 4.69) is 5.32 Å². The van der Waals surface area contributed by atoms with Gasteiger partial charge < -0.3 is 10.2 Å². The van der Waals surface area contributed by atoms with Crippen LogP contribution in [-0.4, -0.2) is 56.1 Å². The lowest BCUT2D eigenvalue weighted by Crippen LogP contribution is -2.56. The van der Waals surface area contributed by atoms with Crippen molar-refractivity contribution in [3.63, 3.8) is 0 Å². The second kappa shape index (κ2) is 11.9. The predicted octanol–water partition coefficient (Wildman–Crippen LogP) is 4.01. The minimum Gasteiger partial charge on any atom is -0.350 e. The summed E-state index contributed by atoms with van der Waals surface area (Å²) in [5.41, 5.74) is 0.520. The summed E-state index contributed by atoms with van der Waals surface area (Å²) in [6.45, 7) is 6.98. The van der Waals surface area contributed by atoms with Gasteiger partial charge in [-0.3, -0.25) is 13.9 Å². The van der Waals surface area contributed by atoms with E-state index in [1.165, 1.54) is 11.0 Å². The summed E-state index contributed by atoms with van der Waals surface area (Å²) in [6, 6.07) is 12.1. The lowest BCUT2D eigenvalue weighted by molar-refractivity contribution is -0.140. The van der Waals surface area contributed by atoms with E-state index in [1.54, 1.807) is 6.92 Å². The quantitative estimate of drug-likeness (QED) is 0.508. The maximum Gasteiger partial charge on any atom is 0.244 e. The van der Waals surface area contributed by atoms with Crippen LogP contribution in [0.3, 0.4) is 0 Å². The van der Waals surface area contributed by atoms with Gasteiger partial charge in [0.2, 0.25) is 21.8 Å². The number of hydrogen-bond donors (Lipinski definition) is 1. The Bertz CT molecular complexity index is 1140. The van der Waals surface area contributed by atoms with Crippen molar-refractivity contribution in [3.8, 4) is 0 Å². The molecule has 0 unspecified atom stereocenters. The first-order valence-corrected chi connectivity index (χ1v) is 13.5. The molecule has 0 aliphatic rings. The molecule has 35 heavy (non-hydrogen) atoms. The summed E-state index contributed by atoms with van der Waals surface area (Å²) in [5, 5.41) is 2.65. The van der Waals surface area contributed by atoms with Crippen LogP contribution < -0.4 is 9.62 Å². The van der Waals surface area contributed by atoms with Crippen LogP contribution in [0.5, 0.6) is 0 Å². The molecule has 10 heteroatoms. The third-order valence-electron chi connectivity index (χ3n) is 5.24. The van der Waals surface area contributed by atoms with E-state index in [0.29, 0.717) is 12.8 Å². The molecule has 0 saturated heterocycles. The molecule has 2 aromatic rings. The van der Waals surface area contributed by atoms with Gasteiger partial charge in [-0.1, -0.05) is 48.9 Å². The Morgan fingerprint density at radius 3 is 2.26 bits per heavy atom. The van der Waals surface area contributed by atoms with Crippen molar-refractivity contribution in [1.82, 2.24) is 10.2 Å². The molecule has 0 saturated carbocycles. The van der Waals surface area contributed by atoms with Crippen LogP contribution in [-0.2, 0) is 26.0 Å². The molecule has 0 radical (unpaired) electrons. The minimum atomic E-state index is -3.92. The molecule has 7 nitrogen and oxygen atoms in total. The van der Waals surface area contributed by atoms with Crippen molar-refractivity contribution in [2.75, 3.05) is 23.7 Å². The van der Waals surface area contributed by atoms with E-state index in [9.17, 15) is 22.4 Å². The van der Waals surface area contributed by atoms with Crippen LogP contribution in [0.2, 0.25) is 5.02 Å². The Kier molecular flexibility index (Phi) is 9.68. The average Bonchev–Trinajstić information content (AvgIpc) is 2.75. The van der Waals surface area contributed by atoms with Gasteiger partial charge in [-0.05, 0) is 57.4 Å². The first-order valence-electron chi connectivity index (χ1n) is 11.3. The predicted molar refractivity (Wildman–Crippen MR) is 137 cm³/mol. The van der Waals surface area contributed by atoms with Crippen molar-refractivity contribution < 1.29 is 22.4 Å². The van der Waals surface area contributed by atoms with E-state index in [4.69, 9.17) is 11.6 Å². The number of rotatable bonds is 10. The molecule has 2 aromatic carbocycles. The molecule has 0 bridgehead atoms. The van der Waals surface area contributed by atoms with Gasteiger partial charge in [0.1, 0.15) is 18.4 Å². The topological polar surface area (TPSA) is 86.8 Å². The van der Waals surface area contributed by atoms with Gasteiger partial charge in [0.15, 0.2) is 0 Å². The molecule has 0 aliphatic heterocycles. The zero-order valence-corrected chi connectivity index (χ0v) is 22.3. The maximum atomic E-state index is 13.7. The molecule has 192 valence electrons. The number of benzene rings is 2. The van der Waals surface area contributed by atoms with Crippen molar-refractivity contribution >= 4 is 39.1 Å². The summed E-state index contributed by atoms with van der Waals surface area (Å²) in [7, 11) is -3.92. The summed E-state index contributed by atoms with van der Waals surface area (Å²) in [4.78, 5) is 28.0. The van der Waals surface area contributed by atoms with E-state index < -0.39 is 39.9 Å². The van der Waals surface area contributed by atoms with Crippen LogP contribution in [0.4, 0.5) is 10.1 Å². The summed E-state index contributed by atoms with van der Waals surface area (Å²) in [6.07, 6.45) is 1.77. The second-order valence-electron chi connectivity index (χ2n) is 9.35. The second-order valence-corrected chi connectivity index (χ2v) is 11.7. The molecule has 0 spiro atoms. The molecule has 0 heterocycles. The lowest BCUT2D eigenvalue weighted by Gasteiger charge is -2.34. The minimum absolute atomic E-state index is 0.0578. The van der Waals surface area contributed by atoms with Crippen molar-refractivity contribution in [3.05, 3.63) is 64.9 Å². The third kappa shape index (κ3) is 8.50. The van der Waals surface area contributed by atoms with Crippen LogP contribution in [0.25, 0.3) is 0 Å². The highest BCUT2D eigenvalue weighted by molar-refractivity contribution is 7.92. The number of amides is 2. The monoisotopic (exact) mass is 525 g/mol. The summed E-state index contributed by atoms with van der Waals surface area (Å²) in [5.74, 6) is -1.58. The number of nitrogens with zero attached hydrogens (tertiary/aromatic N) is 2. The SMILES string of the molecule is CC[C@@H](C(=O)NC(C)(C)C)N(CCc1ccccc1)C(=O)CN(c1ccc(F)c(Cl)c1)S(C)(=O)=O. The Morgan fingerprint density at radius 1 is 1.11 bits per heavy atom. The number of anilines is 1. The highest BCUT2D eigenvalue weighted by Gasteiger charge is 2.32. The third-order valence-corrected chi connectivity index (χ3v) is 6.67. The smallest absolute Gasteiger partial charge is 0.244 e. The molecule has 1 atom stereocenters. The van der Waals surface area contributed by atoms with Gasteiger partial charge >= 0.3 is 0 Å². The largest absolute Gasteiger partial charge is 0.350 e. The molecule has 0 aliphatic carbocycles. The van der Waals surface area contributed by atoms with Gasteiger partial charge in [-0.15, -0.1) is 0 Å². The van der Waals surface area contributed by atoms with Crippen LogP contribution in [0.1, 0.15) is 39.7 Å². The number of carbonyl (C=O) groups excluding carboxylic acids is 2. The van der Waals surface area contributed by atoms with Crippen molar-refractivity contribution in [2.45, 2.75) is 52.1 Å². The molecule has 1 N–H and O–H groups in total. The van der Waals surface area contributed by atoms with Gasteiger partial charge in [0.05, 0.1) is 17.0 Å². The maximum absolute atomic E-state index is 13.7. The van der Waals surface area contributed by atoms with Gasteiger partial charge in [-0.25, -0.2) is 12.8 Å². The van der Waals surface area contributed by atoms with E-state index in [-0.39, 0.29) is 23.2 Å². The van der Waals surface area contributed by atoms with Gasteiger partial charge in [-0.2, -0.15) is 0 Å². The first-order chi connectivity index (χ1) is 16.2. The average molecular weight is 526 g/mol. The molecule has 0 aromatic heterocycles. The number of hydrogen-bond acceptors (Lipinski definition) is 4. The Labute approximate surface area is 212 Å². The van der Waals surface area contributed by atoms with E-state index in [0.717, 1.165) is 28.3 Å². The molecular weight excluding hydrogens is 493 g/mol. The molecule has 0 fully saturated rings. The number of sulfonamides is 1. The van der Waals surface area contributed by atoms with E-state index in [1.807, 2.05) is 51.1 Å². The molecule has 2 rings (SSSR count). The fourth-order valence-electron chi connectivity index (χ4n) is 3.60. The zero-order valence-electron chi connectivity index (χ0n) is 20.7. The zero-order chi connectivity index (χ0) is 26.4. The molecule has 2 amide bonds. The number of carbonyl (C=O) groups is 2. The fourth-order valence-corrected chi connectivity index (χ4v) is 4.62. The van der Waals surface area contributed by atoms with Crippen LogP contribution in [0.15, 0.2) is 48.5 Å². The highest BCUT2D eigenvalue weighted by atomic mass is 35.5. The lowest BCUT2D eigenvalue weighted by atomic mass is 10.1. The van der Waals surface area contributed by atoms with Crippen molar-refractivity contribution in [1.29, 1.82) is 0 Å². The van der Waals surface area contributed by atoms with Gasteiger partial charge in [0.25, 0.3) is 0 Å². The molecular formula is C25H33ClFN3O4S.